The zero-order valence-electron chi connectivity index (χ0n) is 10.3. The lowest BCUT2D eigenvalue weighted by atomic mass is 10.4. The van der Waals surface area contributed by atoms with Gasteiger partial charge in [0, 0.05) is 27.9 Å². The molecule has 0 radical (unpaired) electrons. The molecule has 0 spiro atoms. The van der Waals surface area contributed by atoms with Crippen LogP contribution in [-0.2, 0) is 17.9 Å². The van der Waals surface area contributed by atoms with Crippen LogP contribution in [0.1, 0.15) is 10.7 Å². The number of nitrogens with zero attached hydrogens (tertiary/aromatic N) is 2. The molecular weight excluding hydrogens is 330 g/mol. The van der Waals surface area contributed by atoms with Crippen LogP contribution in [0.2, 0.25) is 0 Å². The molecule has 0 aliphatic heterocycles. The van der Waals surface area contributed by atoms with Crippen molar-refractivity contribution >= 4 is 38.9 Å². The van der Waals surface area contributed by atoms with E-state index in [2.05, 4.69) is 42.7 Å². The average molecular weight is 344 g/mol. The van der Waals surface area contributed by atoms with Crippen molar-refractivity contribution in [3.8, 4) is 0 Å². The Morgan fingerprint density at radius 3 is 2.79 bits per heavy atom. The molecule has 0 saturated heterocycles. The Hall–Kier alpha value is -1.22. The van der Waals surface area contributed by atoms with Gasteiger partial charge < -0.3 is 15.5 Å². The van der Waals surface area contributed by atoms with Crippen LogP contribution in [0.5, 0.6) is 0 Å². The van der Waals surface area contributed by atoms with Gasteiger partial charge in [0.15, 0.2) is 5.82 Å². The minimum absolute atomic E-state index is 0.342. The molecule has 0 atom stereocenters. The molecule has 0 fully saturated rings. The van der Waals surface area contributed by atoms with Crippen molar-refractivity contribution < 1.29 is 4.74 Å². The lowest BCUT2D eigenvalue weighted by Crippen LogP contribution is -2.12. The van der Waals surface area contributed by atoms with E-state index in [1.807, 2.05) is 5.38 Å². The van der Waals surface area contributed by atoms with Crippen LogP contribution in [0.15, 0.2) is 22.0 Å². The summed E-state index contributed by atoms with van der Waals surface area (Å²) in [6, 6.07) is 3.82. The average Bonchev–Trinajstić information content (AvgIpc) is 2.82. The Bertz CT molecular complexity index is 548. The number of rotatable bonds is 6. The Balaban J connectivity index is 2.08. The summed E-state index contributed by atoms with van der Waals surface area (Å²) in [6.07, 6.45) is 0. The summed E-state index contributed by atoms with van der Waals surface area (Å²) in [4.78, 5) is 9.74. The van der Waals surface area contributed by atoms with E-state index in [1.165, 1.54) is 4.88 Å². The fraction of sp³-hybridized carbons (Fsp3) is 0.273. The van der Waals surface area contributed by atoms with E-state index in [-0.39, 0.29) is 0 Å². The lowest BCUT2D eigenvalue weighted by Gasteiger charge is -2.08. The quantitative estimate of drug-likeness (QED) is 0.551. The number of hydrogen-bond acceptors (Lipinski definition) is 7. The molecule has 0 aliphatic carbocycles. The normalized spacial score (nSPS) is 10.5. The summed E-state index contributed by atoms with van der Waals surface area (Å²) >= 11 is 5.10. The highest BCUT2D eigenvalue weighted by molar-refractivity contribution is 9.10. The number of nitrogens with two attached hydrogens (primary N) is 1. The number of nitrogens with one attached hydrogen (secondary N) is 2. The van der Waals surface area contributed by atoms with Gasteiger partial charge in [0.05, 0.1) is 6.54 Å². The van der Waals surface area contributed by atoms with Crippen LogP contribution in [-0.4, -0.2) is 17.1 Å². The minimum atomic E-state index is 0.342. The highest BCUT2D eigenvalue weighted by Gasteiger charge is 2.04. The third kappa shape index (κ3) is 4.13. The molecule has 0 aliphatic rings. The molecule has 0 amide bonds. The zero-order valence-corrected chi connectivity index (χ0v) is 12.7. The number of hydrazine groups is 1. The second kappa shape index (κ2) is 6.80. The monoisotopic (exact) mass is 343 g/mol. The van der Waals surface area contributed by atoms with Crippen molar-refractivity contribution in [2.75, 3.05) is 17.9 Å². The van der Waals surface area contributed by atoms with Gasteiger partial charge in [-0.15, -0.1) is 11.3 Å². The maximum absolute atomic E-state index is 5.38. The molecule has 8 heteroatoms. The maximum atomic E-state index is 5.38. The van der Waals surface area contributed by atoms with Crippen molar-refractivity contribution in [1.82, 2.24) is 9.97 Å². The molecule has 2 aromatic heterocycles. The molecule has 2 rings (SSSR count). The smallest absolute Gasteiger partial charge is 0.158 e. The van der Waals surface area contributed by atoms with Crippen molar-refractivity contribution in [3.63, 3.8) is 0 Å². The van der Waals surface area contributed by atoms with E-state index in [4.69, 9.17) is 10.6 Å². The third-order valence-electron chi connectivity index (χ3n) is 2.26. The van der Waals surface area contributed by atoms with Crippen LogP contribution in [0.3, 0.4) is 0 Å². The van der Waals surface area contributed by atoms with Gasteiger partial charge in [0.1, 0.15) is 18.2 Å². The minimum Gasteiger partial charge on any atom is -0.377 e. The topological polar surface area (TPSA) is 85.1 Å². The summed E-state index contributed by atoms with van der Waals surface area (Å²) in [6.45, 7) is 1.04. The third-order valence-corrected chi connectivity index (χ3v) is 3.96. The first-order chi connectivity index (χ1) is 9.21. The standard InChI is InChI=1S/C11H14BrN5OS/c1-18-5-11-15-9(3-10(16-11)17-13)14-4-8-2-7(12)6-19-8/h2-3,6H,4-5,13H2,1H3,(H2,14,15,16,17). The van der Waals surface area contributed by atoms with Gasteiger partial charge in [0.2, 0.25) is 0 Å². The number of hydrogen-bond donors (Lipinski definition) is 3. The van der Waals surface area contributed by atoms with Crippen LogP contribution in [0, 0.1) is 0 Å². The van der Waals surface area contributed by atoms with E-state index in [0.717, 1.165) is 4.47 Å². The Morgan fingerprint density at radius 1 is 1.37 bits per heavy atom. The Kier molecular flexibility index (Phi) is 5.08. The maximum Gasteiger partial charge on any atom is 0.158 e. The Labute approximate surface area is 123 Å². The van der Waals surface area contributed by atoms with Gasteiger partial charge >= 0.3 is 0 Å². The largest absolute Gasteiger partial charge is 0.377 e. The van der Waals surface area contributed by atoms with Gasteiger partial charge in [-0.3, -0.25) is 0 Å². The van der Waals surface area contributed by atoms with E-state index in [1.54, 1.807) is 24.5 Å². The summed E-state index contributed by atoms with van der Waals surface area (Å²) in [5.41, 5.74) is 2.52. The second-order valence-corrected chi connectivity index (χ2v) is 5.63. The summed E-state index contributed by atoms with van der Waals surface area (Å²) in [5.74, 6) is 7.22. The number of ether oxygens (including phenoxy) is 1. The Morgan fingerprint density at radius 2 is 2.16 bits per heavy atom. The number of nitrogen functional groups attached to an aromatic ring is 1. The lowest BCUT2D eigenvalue weighted by molar-refractivity contribution is 0.178. The molecule has 19 heavy (non-hydrogen) atoms. The predicted molar refractivity (Wildman–Crippen MR) is 79.9 cm³/mol. The van der Waals surface area contributed by atoms with Gasteiger partial charge in [-0.1, -0.05) is 0 Å². The number of aromatic nitrogens is 2. The molecule has 6 nitrogen and oxygen atoms in total. The molecule has 2 aromatic rings. The number of methoxy groups -OCH3 is 1. The number of anilines is 2. The van der Waals surface area contributed by atoms with E-state index in [9.17, 15) is 0 Å². The molecule has 102 valence electrons. The van der Waals surface area contributed by atoms with Crippen LogP contribution < -0.4 is 16.6 Å². The molecule has 4 N–H and O–H groups in total. The van der Waals surface area contributed by atoms with Crippen molar-refractivity contribution in [2.45, 2.75) is 13.2 Å². The first kappa shape index (κ1) is 14.2. The fourth-order valence-corrected chi connectivity index (χ4v) is 2.87. The van der Waals surface area contributed by atoms with Crippen LogP contribution in [0.4, 0.5) is 11.6 Å². The summed E-state index contributed by atoms with van der Waals surface area (Å²) in [5, 5.41) is 5.28. The summed E-state index contributed by atoms with van der Waals surface area (Å²) in [7, 11) is 1.60. The first-order valence-corrected chi connectivity index (χ1v) is 7.19. The second-order valence-electron chi connectivity index (χ2n) is 3.72. The molecule has 0 saturated carbocycles. The SMILES string of the molecule is COCc1nc(NN)cc(NCc2cc(Br)cs2)n1. The van der Waals surface area contributed by atoms with Gasteiger partial charge in [0.25, 0.3) is 0 Å². The zero-order chi connectivity index (χ0) is 13.7. The highest BCUT2D eigenvalue weighted by Crippen LogP contribution is 2.21. The van der Waals surface area contributed by atoms with E-state index in [0.29, 0.717) is 30.6 Å². The molecule has 0 aromatic carbocycles. The molecular formula is C11H14BrN5OS. The van der Waals surface area contributed by atoms with Crippen molar-refractivity contribution in [2.24, 2.45) is 5.84 Å². The van der Waals surface area contributed by atoms with E-state index >= 15 is 0 Å². The van der Waals surface area contributed by atoms with Crippen molar-refractivity contribution in [1.29, 1.82) is 0 Å². The van der Waals surface area contributed by atoms with Gasteiger partial charge in [-0.2, -0.15) is 0 Å². The summed E-state index contributed by atoms with van der Waals surface area (Å²) < 4.78 is 6.11. The number of thiophene rings is 1. The predicted octanol–water partition coefficient (Wildman–Crippen LogP) is 2.34. The molecule has 0 unspecified atom stereocenters. The fourth-order valence-electron chi connectivity index (χ4n) is 1.48. The molecule has 2 heterocycles. The van der Waals surface area contributed by atoms with E-state index < -0.39 is 0 Å². The van der Waals surface area contributed by atoms with Crippen LogP contribution >= 0.6 is 27.3 Å². The molecule has 0 bridgehead atoms. The van der Waals surface area contributed by atoms with Crippen LogP contribution in [0.25, 0.3) is 0 Å². The first-order valence-electron chi connectivity index (χ1n) is 5.51. The van der Waals surface area contributed by atoms with Crippen molar-refractivity contribution in [3.05, 3.63) is 32.7 Å². The number of halogens is 1. The highest BCUT2D eigenvalue weighted by atomic mass is 79.9. The van der Waals surface area contributed by atoms with Gasteiger partial charge in [-0.05, 0) is 22.0 Å². The van der Waals surface area contributed by atoms with Gasteiger partial charge in [-0.25, -0.2) is 15.8 Å².